The molecule has 19 heavy (non-hydrogen) atoms. The third kappa shape index (κ3) is 7.28. The maximum absolute atomic E-state index is 11.3. The van der Waals surface area contributed by atoms with Gasteiger partial charge in [0.1, 0.15) is 0 Å². The van der Waals surface area contributed by atoms with Crippen molar-refractivity contribution in [1.29, 1.82) is 0 Å². The Morgan fingerprint density at radius 2 is 1.79 bits per heavy atom. The molecule has 7 heteroatoms. The Morgan fingerprint density at radius 3 is 2.32 bits per heavy atom. The van der Waals surface area contributed by atoms with Crippen molar-refractivity contribution in [2.75, 3.05) is 11.9 Å². The molecule has 1 aromatic carbocycles. The van der Waals surface area contributed by atoms with Crippen molar-refractivity contribution in [1.82, 2.24) is 5.32 Å². The first-order valence-electron chi connectivity index (χ1n) is 5.74. The number of nitrogens with two attached hydrogens (primary N) is 2. The maximum Gasteiger partial charge on any atom is 0.316 e. The number of hydrogen-bond donors (Lipinski definition) is 4. The highest BCUT2D eigenvalue weighted by Crippen LogP contribution is 2.09. The summed E-state index contributed by atoms with van der Waals surface area (Å²) in [6.07, 6.45) is 1.13. The van der Waals surface area contributed by atoms with Crippen LogP contribution in [0, 0.1) is 0 Å². The maximum atomic E-state index is 11.3. The molecule has 0 aliphatic carbocycles. The van der Waals surface area contributed by atoms with Gasteiger partial charge in [0.05, 0.1) is 0 Å². The number of hydrogen-bond acceptors (Lipinski definition) is 3. The lowest BCUT2D eigenvalue weighted by molar-refractivity contribution is -0.121. The fourth-order valence-electron chi connectivity index (χ4n) is 1.40. The lowest BCUT2D eigenvalue weighted by Crippen LogP contribution is -2.23. The van der Waals surface area contributed by atoms with Gasteiger partial charge in [-0.05, 0) is 30.7 Å². The van der Waals surface area contributed by atoms with E-state index >= 15 is 0 Å². The predicted molar refractivity (Wildman–Crippen MR) is 77.0 cm³/mol. The van der Waals surface area contributed by atoms with E-state index in [9.17, 15) is 9.59 Å². The van der Waals surface area contributed by atoms with E-state index in [1.807, 2.05) is 12.1 Å². The molecule has 0 aliphatic heterocycles. The van der Waals surface area contributed by atoms with Gasteiger partial charge < -0.3 is 22.1 Å². The van der Waals surface area contributed by atoms with Crippen LogP contribution >= 0.6 is 12.4 Å². The average Bonchev–Trinajstić information content (AvgIpc) is 2.35. The second kappa shape index (κ2) is 9.18. The van der Waals surface area contributed by atoms with Crippen LogP contribution in [0.4, 0.5) is 10.5 Å². The summed E-state index contributed by atoms with van der Waals surface area (Å²) >= 11 is 0. The molecule has 0 unspecified atom stereocenters. The summed E-state index contributed by atoms with van der Waals surface area (Å²) in [7, 11) is 0. The minimum atomic E-state index is -0.599. The van der Waals surface area contributed by atoms with Gasteiger partial charge in [-0.3, -0.25) is 4.79 Å². The number of carbonyl (C=O) groups excluding carboxylic acids is 2. The molecule has 1 rings (SSSR count). The molecule has 106 valence electrons. The largest absolute Gasteiger partial charge is 0.352 e. The fraction of sp³-hybridized carbons (Fsp3) is 0.333. The van der Waals surface area contributed by atoms with Crippen LogP contribution in [0.3, 0.4) is 0 Å². The highest BCUT2D eigenvalue weighted by molar-refractivity contribution is 5.87. The average molecular weight is 287 g/mol. The van der Waals surface area contributed by atoms with Gasteiger partial charge in [0.15, 0.2) is 0 Å². The third-order valence-electron chi connectivity index (χ3n) is 2.32. The molecule has 6 N–H and O–H groups in total. The van der Waals surface area contributed by atoms with Gasteiger partial charge in [0.2, 0.25) is 5.91 Å². The molecule has 0 fully saturated rings. The Bertz CT molecular complexity index is 409. The van der Waals surface area contributed by atoms with E-state index in [4.69, 9.17) is 11.5 Å². The topological polar surface area (TPSA) is 110 Å². The van der Waals surface area contributed by atoms with Crippen molar-refractivity contribution in [3.8, 4) is 0 Å². The van der Waals surface area contributed by atoms with Crippen molar-refractivity contribution < 1.29 is 9.59 Å². The fourth-order valence-corrected chi connectivity index (χ4v) is 1.40. The Balaban J connectivity index is 0.00000324. The second-order valence-electron chi connectivity index (χ2n) is 3.86. The molecule has 0 heterocycles. The van der Waals surface area contributed by atoms with Crippen LogP contribution < -0.4 is 22.1 Å². The molecular formula is C12H19ClN4O2. The van der Waals surface area contributed by atoms with Crippen molar-refractivity contribution >= 4 is 30.0 Å². The zero-order valence-corrected chi connectivity index (χ0v) is 11.3. The molecule has 0 atom stereocenters. The summed E-state index contributed by atoms with van der Waals surface area (Å²) in [5, 5.41) is 5.25. The normalized spacial score (nSPS) is 9.32. The molecule has 0 aromatic heterocycles. The Kier molecular flexibility index (Phi) is 8.32. The number of benzene rings is 1. The Hall–Kier alpha value is -1.79. The molecule has 6 nitrogen and oxygen atoms in total. The van der Waals surface area contributed by atoms with E-state index in [-0.39, 0.29) is 18.3 Å². The van der Waals surface area contributed by atoms with Gasteiger partial charge in [-0.1, -0.05) is 12.1 Å². The van der Waals surface area contributed by atoms with E-state index in [2.05, 4.69) is 10.6 Å². The first-order valence-corrected chi connectivity index (χ1v) is 5.74. The quantitative estimate of drug-likeness (QED) is 0.625. The summed E-state index contributed by atoms with van der Waals surface area (Å²) < 4.78 is 0. The van der Waals surface area contributed by atoms with Crippen LogP contribution in [0.2, 0.25) is 0 Å². The van der Waals surface area contributed by atoms with Gasteiger partial charge in [0, 0.05) is 18.7 Å². The van der Waals surface area contributed by atoms with Crippen LogP contribution in [0.25, 0.3) is 0 Å². The number of anilines is 1. The zero-order chi connectivity index (χ0) is 13.4. The van der Waals surface area contributed by atoms with Gasteiger partial charge in [-0.2, -0.15) is 0 Å². The van der Waals surface area contributed by atoms with E-state index < -0.39 is 6.03 Å². The van der Waals surface area contributed by atoms with E-state index in [1.54, 1.807) is 12.1 Å². The predicted octanol–water partition coefficient (Wildman–Crippen LogP) is 0.954. The number of primary amides is 1. The number of rotatable bonds is 6. The zero-order valence-electron chi connectivity index (χ0n) is 10.5. The summed E-state index contributed by atoms with van der Waals surface area (Å²) in [6.45, 7) is 0.973. The molecule has 0 aliphatic rings. The number of nitrogens with one attached hydrogen (secondary N) is 2. The Labute approximate surface area is 118 Å². The first-order chi connectivity index (χ1) is 8.61. The molecule has 0 saturated heterocycles. The lowest BCUT2D eigenvalue weighted by Gasteiger charge is -2.06. The number of carbonyl (C=O) groups is 2. The lowest BCUT2D eigenvalue weighted by atomic mass is 10.2. The van der Waals surface area contributed by atoms with Crippen molar-refractivity contribution in [3.63, 3.8) is 0 Å². The van der Waals surface area contributed by atoms with Crippen LogP contribution in [-0.4, -0.2) is 18.5 Å². The highest BCUT2D eigenvalue weighted by atomic mass is 35.5. The summed E-state index contributed by atoms with van der Waals surface area (Å²) in [4.78, 5) is 22.0. The van der Waals surface area contributed by atoms with Crippen LogP contribution in [0.5, 0.6) is 0 Å². The molecule has 0 saturated carbocycles. The summed E-state index contributed by atoms with van der Waals surface area (Å²) in [6, 6.07) is 6.49. The van der Waals surface area contributed by atoms with E-state index in [0.717, 1.165) is 5.56 Å². The molecule has 1 aromatic rings. The molecule has 0 bridgehead atoms. The van der Waals surface area contributed by atoms with Gasteiger partial charge in [-0.25, -0.2) is 4.79 Å². The SMILES string of the molecule is Cl.NCCCC(=O)NCc1ccc(NC(N)=O)cc1. The van der Waals surface area contributed by atoms with Crippen LogP contribution in [0.15, 0.2) is 24.3 Å². The number of urea groups is 1. The van der Waals surface area contributed by atoms with E-state index in [0.29, 0.717) is 31.6 Å². The van der Waals surface area contributed by atoms with Crippen molar-refractivity contribution in [2.45, 2.75) is 19.4 Å². The van der Waals surface area contributed by atoms with E-state index in [1.165, 1.54) is 0 Å². The highest BCUT2D eigenvalue weighted by Gasteiger charge is 2.01. The smallest absolute Gasteiger partial charge is 0.316 e. The van der Waals surface area contributed by atoms with Gasteiger partial charge >= 0.3 is 6.03 Å². The summed E-state index contributed by atoms with van der Waals surface area (Å²) in [5.74, 6) is -0.0141. The standard InChI is InChI=1S/C12H18N4O2.ClH/c13-7-1-2-11(17)15-8-9-3-5-10(6-4-9)16-12(14)18;/h3-6H,1-2,7-8,13H2,(H,15,17)(H3,14,16,18);1H. The third-order valence-corrected chi connectivity index (χ3v) is 2.32. The minimum absolute atomic E-state index is 0. The minimum Gasteiger partial charge on any atom is -0.352 e. The molecule has 3 amide bonds. The second-order valence-corrected chi connectivity index (χ2v) is 3.86. The van der Waals surface area contributed by atoms with Gasteiger partial charge in [-0.15, -0.1) is 12.4 Å². The summed E-state index contributed by atoms with van der Waals surface area (Å²) in [5.41, 5.74) is 11.9. The van der Waals surface area contributed by atoms with Crippen molar-refractivity contribution in [2.24, 2.45) is 11.5 Å². The Morgan fingerprint density at radius 1 is 1.16 bits per heavy atom. The van der Waals surface area contributed by atoms with Gasteiger partial charge in [0.25, 0.3) is 0 Å². The first kappa shape index (κ1) is 17.2. The molecule has 0 spiro atoms. The number of amides is 3. The molecular weight excluding hydrogens is 268 g/mol. The van der Waals surface area contributed by atoms with Crippen molar-refractivity contribution in [3.05, 3.63) is 29.8 Å². The van der Waals surface area contributed by atoms with Crippen LogP contribution in [0.1, 0.15) is 18.4 Å². The van der Waals surface area contributed by atoms with Crippen LogP contribution in [-0.2, 0) is 11.3 Å². The monoisotopic (exact) mass is 286 g/mol. The number of halogens is 1. The molecule has 0 radical (unpaired) electrons.